The number of fused-ring (bicyclic) bond motifs is 2. The van der Waals surface area contributed by atoms with Gasteiger partial charge in [0.15, 0.2) is 6.61 Å². The molecule has 3 fully saturated rings. The minimum atomic E-state index is -0.399. The van der Waals surface area contributed by atoms with E-state index in [1.54, 1.807) is 0 Å². The maximum absolute atomic E-state index is 11.9. The molecule has 0 aliphatic heterocycles. The molecule has 0 aromatic heterocycles. The zero-order chi connectivity index (χ0) is 18.2. The molecule has 1 aromatic carbocycles. The van der Waals surface area contributed by atoms with Crippen LogP contribution < -0.4 is 4.74 Å². The predicted molar refractivity (Wildman–Crippen MR) is 101 cm³/mol. The topological polar surface area (TPSA) is 35.5 Å². The fourth-order valence-electron chi connectivity index (χ4n) is 4.43. The van der Waals surface area contributed by atoms with Crippen LogP contribution in [0.2, 0.25) is 15.1 Å². The Hall–Kier alpha value is -0.640. The number of hydrogen-bond acceptors (Lipinski definition) is 3. The summed E-state index contributed by atoms with van der Waals surface area (Å²) in [5.41, 5.74) is 0.459. The van der Waals surface area contributed by atoms with E-state index in [0.29, 0.717) is 38.8 Å². The largest absolute Gasteiger partial charge is 0.480 e. The molecule has 3 saturated carbocycles. The third kappa shape index (κ3) is 4.04. The van der Waals surface area contributed by atoms with Crippen LogP contribution in [0.15, 0.2) is 12.1 Å². The second-order valence-corrected chi connectivity index (χ2v) is 8.91. The fraction of sp³-hybridized carbons (Fsp3) is 0.632. The molecule has 3 atom stereocenters. The Morgan fingerprint density at radius 3 is 2.56 bits per heavy atom. The minimum Gasteiger partial charge on any atom is -0.480 e. The molecule has 0 amide bonds. The van der Waals surface area contributed by atoms with E-state index in [0.717, 1.165) is 18.3 Å². The highest BCUT2D eigenvalue weighted by atomic mass is 35.5. The Morgan fingerprint density at radius 1 is 1.16 bits per heavy atom. The molecule has 0 saturated heterocycles. The molecular formula is C19H23Cl3O3. The molecule has 138 valence electrons. The van der Waals surface area contributed by atoms with E-state index in [9.17, 15) is 4.79 Å². The molecule has 3 aliphatic carbocycles. The van der Waals surface area contributed by atoms with Crippen molar-refractivity contribution in [1.82, 2.24) is 0 Å². The molecule has 0 unspecified atom stereocenters. The number of hydrogen-bond donors (Lipinski definition) is 0. The molecular weight excluding hydrogens is 383 g/mol. The molecule has 0 spiro atoms. The second-order valence-electron chi connectivity index (χ2n) is 7.69. The smallest absolute Gasteiger partial charge is 0.344 e. The van der Waals surface area contributed by atoms with Crippen molar-refractivity contribution in [2.75, 3.05) is 13.2 Å². The number of benzene rings is 1. The second kappa shape index (κ2) is 7.54. The molecule has 2 bridgehead atoms. The number of rotatable bonds is 6. The van der Waals surface area contributed by atoms with Crippen LogP contribution in [0.5, 0.6) is 5.75 Å². The van der Waals surface area contributed by atoms with Gasteiger partial charge < -0.3 is 9.47 Å². The van der Waals surface area contributed by atoms with Crippen LogP contribution in [-0.2, 0) is 9.53 Å². The van der Waals surface area contributed by atoms with Crippen LogP contribution in [0.3, 0.4) is 0 Å². The van der Waals surface area contributed by atoms with Gasteiger partial charge in [-0.1, -0.05) is 48.7 Å². The summed E-state index contributed by atoms with van der Waals surface area (Å²) in [4.78, 5) is 11.9. The highest BCUT2D eigenvalue weighted by Crippen LogP contribution is 2.61. The maximum Gasteiger partial charge on any atom is 0.344 e. The summed E-state index contributed by atoms with van der Waals surface area (Å²) in [5, 5.41) is 0.981. The lowest BCUT2D eigenvalue weighted by molar-refractivity contribution is -0.148. The summed E-state index contributed by atoms with van der Waals surface area (Å²) in [6, 6.07) is 2.99. The Morgan fingerprint density at radius 2 is 1.88 bits per heavy atom. The van der Waals surface area contributed by atoms with E-state index in [1.165, 1.54) is 31.4 Å². The number of carbonyl (C=O) groups excluding carboxylic acids is 1. The minimum absolute atomic E-state index is 0.195. The Labute approximate surface area is 163 Å². The average molecular weight is 406 g/mol. The summed E-state index contributed by atoms with van der Waals surface area (Å²) in [6.45, 7) is 5.00. The number of halogens is 3. The Balaban J connectivity index is 1.41. The van der Waals surface area contributed by atoms with Crippen LogP contribution >= 0.6 is 34.8 Å². The first-order chi connectivity index (χ1) is 11.8. The molecule has 0 heterocycles. The van der Waals surface area contributed by atoms with Crippen LogP contribution in [-0.4, -0.2) is 19.2 Å². The van der Waals surface area contributed by atoms with Gasteiger partial charge in [-0.2, -0.15) is 0 Å². The van der Waals surface area contributed by atoms with Crippen molar-refractivity contribution in [3.63, 3.8) is 0 Å². The third-order valence-corrected chi connectivity index (χ3v) is 7.09. The zero-order valence-electron chi connectivity index (χ0n) is 14.5. The molecule has 0 radical (unpaired) electrons. The van der Waals surface area contributed by atoms with Crippen LogP contribution in [0.4, 0.5) is 0 Å². The molecule has 25 heavy (non-hydrogen) atoms. The van der Waals surface area contributed by atoms with Gasteiger partial charge in [0.25, 0.3) is 0 Å². The van der Waals surface area contributed by atoms with Crippen molar-refractivity contribution >= 4 is 40.8 Å². The standard InChI is InChI=1S/C19H23Cl3O3/c1-19(2)12-4-3-11(13(19)7-12)5-6-24-18(23)10-25-17-9-15(21)14(20)8-16(17)22/h8-9,11-13H,3-7,10H2,1-2H3/t11-,12-,13+/m1/s1. The Bertz CT molecular complexity index is 658. The van der Waals surface area contributed by atoms with Crippen molar-refractivity contribution in [1.29, 1.82) is 0 Å². The summed E-state index contributed by atoms with van der Waals surface area (Å²) < 4.78 is 10.7. The summed E-state index contributed by atoms with van der Waals surface area (Å²) in [6.07, 6.45) is 4.83. The van der Waals surface area contributed by atoms with Gasteiger partial charge in [-0.3, -0.25) is 0 Å². The molecule has 4 rings (SSSR count). The van der Waals surface area contributed by atoms with E-state index in [-0.39, 0.29) is 6.61 Å². The molecule has 1 aromatic rings. The zero-order valence-corrected chi connectivity index (χ0v) is 16.8. The Kier molecular flexibility index (Phi) is 5.77. The van der Waals surface area contributed by atoms with Gasteiger partial charge >= 0.3 is 5.97 Å². The quantitative estimate of drug-likeness (QED) is 0.428. The van der Waals surface area contributed by atoms with Gasteiger partial charge in [-0.25, -0.2) is 4.79 Å². The van der Waals surface area contributed by atoms with Crippen molar-refractivity contribution in [3.8, 4) is 5.75 Å². The van der Waals surface area contributed by atoms with Crippen LogP contribution in [0, 0.1) is 23.2 Å². The first-order valence-electron chi connectivity index (χ1n) is 8.72. The van der Waals surface area contributed by atoms with Gasteiger partial charge in [-0.15, -0.1) is 0 Å². The van der Waals surface area contributed by atoms with Gasteiger partial charge in [0, 0.05) is 6.07 Å². The van der Waals surface area contributed by atoms with Crippen molar-refractivity contribution in [2.24, 2.45) is 23.2 Å². The van der Waals surface area contributed by atoms with Crippen molar-refractivity contribution in [2.45, 2.75) is 39.5 Å². The molecule has 3 nitrogen and oxygen atoms in total. The SMILES string of the molecule is CC1(C)[C@@H]2CC[C@H](CCOC(=O)COc3cc(Cl)c(Cl)cc3Cl)[C@@H]1C2. The molecule has 0 N–H and O–H groups in total. The predicted octanol–water partition coefficient (Wildman–Crippen LogP) is 6.03. The monoisotopic (exact) mass is 404 g/mol. The van der Waals surface area contributed by atoms with Crippen LogP contribution in [0.25, 0.3) is 0 Å². The van der Waals surface area contributed by atoms with Gasteiger partial charge in [0.1, 0.15) is 5.75 Å². The summed E-state index contributed by atoms with van der Waals surface area (Å²) >= 11 is 17.8. The molecule has 6 heteroatoms. The van der Waals surface area contributed by atoms with E-state index in [1.807, 2.05) is 0 Å². The normalized spacial score (nSPS) is 26.7. The fourth-order valence-corrected chi connectivity index (χ4v) is 5.02. The van der Waals surface area contributed by atoms with Crippen LogP contribution in [0.1, 0.15) is 39.5 Å². The van der Waals surface area contributed by atoms with Crippen molar-refractivity contribution in [3.05, 3.63) is 27.2 Å². The lowest BCUT2D eigenvalue weighted by Gasteiger charge is -2.60. The van der Waals surface area contributed by atoms with Gasteiger partial charge in [0.2, 0.25) is 0 Å². The number of ether oxygens (including phenoxy) is 2. The first-order valence-corrected chi connectivity index (χ1v) is 9.85. The lowest BCUT2D eigenvalue weighted by Crippen LogP contribution is -2.52. The van der Waals surface area contributed by atoms with Crippen molar-refractivity contribution < 1.29 is 14.3 Å². The van der Waals surface area contributed by atoms with E-state index in [4.69, 9.17) is 44.3 Å². The average Bonchev–Trinajstić information content (AvgIpc) is 2.57. The first kappa shape index (κ1) is 19.1. The lowest BCUT2D eigenvalue weighted by atomic mass is 9.45. The number of carbonyl (C=O) groups is 1. The maximum atomic E-state index is 11.9. The van der Waals surface area contributed by atoms with E-state index >= 15 is 0 Å². The highest BCUT2D eigenvalue weighted by Gasteiger charge is 2.53. The van der Waals surface area contributed by atoms with E-state index in [2.05, 4.69) is 13.8 Å². The third-order valence-electron chi connectivity index (χ3n) is 6.07. The van der Waals surface area contributed by atoms with Gasteiger partial charge in [0.05, 0.1) is 21.7 Å². The van der Waals surface area contributed by atoms with E-state index < -0.39 is 5.97 Å². The molecule has 3 aliphatic rings. The van der Waals surface area contributed by atoms with Gasteiger partial charge in [-0.05, 0) is 54.9 Å². The summed E-state index contributed by atoms with van der Waals surface area (Å²) in [5.74, 6) is 2.25. The number of esters is 1. The summed E-state index contributed by atoms with van der Waals surface area (Å²) in [7, 11) is 0. The highest BCUT2D eigenvalue weighted by molar-refractivity contribution is 6.43.